The third kappa shape index (κ3) is 4.36. The molecule has 3 N–H and O–H groups in total. The summed E-state index contributed by atoms with van der Waals surface area (Å²) in [6.07, 6.45) is 1.68. The van der Waals surface area contributed by atoms with Gasteiger partial charge in [0.2, 0.25) is 5.95 Å². The van der Waals surface area contributed by atoms with Gasteiger partial charge in [-0.05, 0) is 22.9 Å². The van der Waals surface area contributed by atoms with Crippen LogP contribution in [-0.4, -0.2) is 25.3 Å². The van der Waals surface area contributed by atoms with E-state index in [0.717, 1.165) is 21.6 Å². The van der Waals surface area contributed by atoms with E-state index in [1.165, 1.54) is 0 Å². The zero-order valence-corrected chi connectivity index (χ0v) is 16.1. The Labute approximate surface area is 154 Å². The molecule has 0 atom stereocenters. The van der Waals surface area contributed by atoms with Gasteiger partial charge in [0.1, 0.15) is 0 Å². The molecule has 9 heteroatoms. The molecule has 0 saturated carbocycles. The number of aryl methyl sites for hydroxylation is 1. The Bertz CT molecular complexity index is 865. The fourth-order valence-electron chi connectivity index (χ4n) is 2.10. The van der Waals surface area contributed by atoms with Crippen molar-refractivity contribution in [3.63, 3.8) is 0 Å². The minimum Gasteiger partial charge on any atom is -0.359 e. The van der Waals surface area contributed by atoms with Crippen molar-refractivity contribution in [2.45, 2.75) is 39.7 Å². The van der Waals surface area contributed by atoms with Gasteiger partial charge in [0.25, 0.3) is 0 Å². The number of rotatable bonds is 5. The molecule has 25 heavy (non-hydrogen) atoms. The largest absolute Gasteiger partial charge is 0.359 e. The topological polar surface area (TPSA) is 105 Å². The molecule has 0 amide bonds. The minimum absolute atomic E-state index is 0.00222. The number of nitrogens with one attached hydrogen (secondary N) is 3. The Balaban J connectivity index is 1.72. The lowest BCUT2D eigenvalue weighted by molar-refractivity contribution is 0.384. The summed E-state index contributed by atoms with van der Waals surface area (Å²) in [5, 5.41) is 17.5. The maximum Gasteiger partial charge on any atom is 0.225 e. The van der Waals surface area contributed by atoms with E-state index in [1.54, 1.807) is 6.20 Å². The summed E-state index contributed by atoms with van der Waals surface area (Å²) in [4.78, 5) is 8.71. The molecule has 0 saturated heterocycles. The summed E-state index contributed by atoms with van der Waals surface area (Å²) in [5.41, 5.74) is 1.88. The lowest BCUT2D eigenvalue weighted by Gasteiger charge is -2.14. The van der Waals surface area contributed by atoms with Crippen molar-refractivity contribution < 1.29 is 4.52 Å². The molecular formula is C16H20BrN7O. The van der Waals surface area contributed by atoms with Crippen LogP contribution in [0.25, 0.3) is 0 Å². The second kappa shape index (κ2) is 6.83. The summed E-state index contributed by atoms with van der Waals surface area (Å²) >= 11 is 3.45. The number of aromatic nitrogens is 5. The SMILES string of the molecule is Cc1cc(CNc2ncc(Br)c(Nc3cc(C(C)(C)C)[nH]n3)n2)on1. The van der Waals surface area contributed by atoms with Gasteiger partial charge in [-0.25, -0.2) is 4.98 Å². The molecule has 3 aromatic rings. The van der Waals surface area contributed by atoms with Crippen LogP contribution in [0.15, 0.2) is 27.3 Å². The first-order valence-corrected chi connectivity index (χ1v) is 8.62. The number of halogens is 1. The van der Waals surface area contributed by atoms with Crippen LogP contribution < -0.4 is 10.6 Å². The van der Waals surface area contributed by atoms with Crippen LogP contribution in [0.3, 0.4) is 0 Å². The van der Waals surface area contributed by atoms with Gasteiger partial charge in [0, 0.05) is 29.4 Å². The number of hydrogen-bond donors (Lipinski definition) is 3. The van der Waals surface area contributed by atoms with Gasteiger partial charge in [0.15, 0.2) is 17.4 Å². The van der Waals surface area contributed by atoms with E-state index in [0.29, 0.717) is 24.1 Å². The predicted molar refractivity (Wildman–Crippen MR) is 98.9 cm³/mol. The fourth-order valence-corrected chi connectivity index (χ4v) is 2.39. The fraction of sp³-hybridized carbons (Fsp3) is 0.375. The van der Waals surface area contributed by atoms with Gasteiger partial charge in [0.05, 0.1) is 16.7 Å². The van der Waals surface area contributed by atoms with Gasteiger partial charge in [-0.3, -0.25) is 5.10 Å². The molecule has 0 aromatic carbocycles. The Morgan fingerprint density at radius 2 is 2.08 bits per heavy atom. The van der Waals surface area contributed by atoms with Crippen molar-refractivity contribution in [1.82, 2.24) is 25.3 Å². The van der Waals surface area contributed by atoms with Crippen molar-refractivity contribution >= 4 is 33.5 Å². The van der Waals surface area contributed by atoms with E-state index in [1.807, 2.05) is 19.1 Å². The third-order valence-corrected chi connectivity index (χ3v) is 4.05. The highest BCUT2D eigenvalue weighted by Crippen LogP contribution is 2.26. The van der Waals surface area contributed by atoms with Gasteiger partial charge >= 0.3 is 0 Å². The summed E-state index contributed by atoms with van der Waals surface area (Å²) < 4.78 is 5.91. The third-order valence-electron chi connectivity index (χ3n) is 3.47. The summed E-state index contributed by atoms with van der Waals surface area (Å²) in [6.45, 7) is 8.70. The number of nitrogens with zero attached hydrogens (tertiary/aromatic N) is 4. The van der Waals surface area contributed by atoms with E-state index >= 15 is 0 Å². The number of aromatic amines is 1. The molecule has 0 spiro atoms. The number of H-pyrrole nitrogens is 1. The van der Waals surface area contributed by atoms with E-state index in [-0.39, 0.29) is 5.41 Å². The van der Waals surface area contributed by atoms with Crippen LogP contribution >= 0.6 is 15.9 Å². The Morgan fingerprint density at radius 1 is 1.28 bits per heavy atom. The summed E-state index contributed by atoms with van der Waals surface area (Å²) in [7, 11) is 0. The van der Waals surface area contributed by atoms with Gasteiger partial charge in [-0.1, -0.05) is 25.9 Å². The number of hydrogen-bond acceptors (Lipinski definition) is 7. The molecule has 0 aliphatic carbocycles. The minimum atomic E-state index is -0.00222. The zero-order valence-electron chi connectivity index (χ0n) is 14.5. The van der Waals surface area contributed by atoms with Crippen LogP contribution in [0, 0.1) is 6.92 Å². The molecule has 132 valence electrons. The van der Waals surface area contributed by atoms with Gasteiger partial charge < -0.3 is 15.2 Å². The van der Waals surface area contributed by atoms with E-state index in [9.17, 15) is 0 Å². The summed E-state index contributed by atoms with van der Waals surface area (Å²) in [5.74, 6) is 2.52. The molecule has 3 aromatic heterocycles. The standard InChI is InChI=1S/C16H20BrN7O/c1-9-5-10(25-24-9)7-18-15-19-8-11(17)14(21-15)20-13-6-12(22-23-13)16(2,3)4/h5-6,8H,7H2,1-4H3,(H3,18,19,20,21,22,23). The second-order valence-electron chi connectivity index (χ2n) is 6.72. The van der Waals surface area contributed by atoms with Crippen LogP contribution in [-0.2, 0) is 12.0 Å². The molecule has 0 aliphatic heterocycles. The normalized spacial score (nSPS) is 11.6. The van der Waals surface area contributed by atoms with Crippen LogP contribution in [0.5, 0.6) is 0 Å². The maximum atomic E-state index is 5.16. The average molecular weight is 406 g/mol. The van der Waals surface area contributed by atoms with E-state index < -0.39 is 0 Å². The Morgan fingerprint density at radius 3 is 2.72 bits per heavy atom. The molecule has 0 aliphatic rings. The van der Waals surface area contributed by atoms with Crippen molar-refractivity contribution in [2.24, 2.45) is 0 Å². The average Bonchev–Trinajstić information content (AvgIpc) is 3.17. The van der Waals surface area contributed by atoms with Crippen LogP contribution in [0.2, 0.25) is 0 Å². The van der Waals surface area contributed by atoms with Crippen LogP contribution in [0.4, 0.5) is 17.6 Å². The smallest absolute Gasteiger partial charge is 0.225 e. The lowest BCUT2D eigenvalue weighted by Crippen LogP contribution is -2.11. The van der Waals surface area contributed by atoms with E-state index in [2.05, 4.69) is 72.7 Å². The molecule has 3 heterocycles. The molecule has 0 unspecified atom stereocenters. The van der Waals surface area contributed by atoms with E-state index in [4.69, 9.17) is 4.52 Å². The molecule has 3 rings (SSSR count). The maximum absolute atomic E-state index is 5.16. The highest BCUT2D eigenvalue weighted by atomic mass is 79.9. The van der Waals surface area contributed by atoms with Gasteiger partial charge in [-0.15, -0.1) is 0 Å². The predicted octanol–water partition coefficient (Wildman–Crippen LogP) is 3.91. The quantitative estimate of drug-likeness (QED) is 0.590. The van der Waals surface area contributed by atoms with Crippen molar-refractivity contribution in [2.75, 3.05) is 10.6 Å². The van der Waals surface area contributed by atoms with Crippen molar-refractivity contribution in [3.8, 4) is 0 Å². The second-order valence-corrected chi connectivity index (χ2v) is 7.57. The first kappa shape index (κ1) is 17.4. The van der Waals surface area contributed by atoms with Crippen molar-refractivity contribution in [3.05, 3.63) is 40.0 Å². The molecule has 8 nitrogen and oxygen atoms in total. The molecule has 0 fully saturated rings. The van der Waals surface area contributed by atoms with Gasteiger partial charge in [-0.2, -0.15) is 10.1 Å². The monoisotopic (exact) mass is 405 g/mol. The lowest BCUT2D eigenvalue weighted by atomic mass is 9.92. The molecular weight excluding hydrogens is 386 g/mol. The summed E-state index contributed by atoms with van der Waals surface area (Å²) in [6, 6.07) is 3.84. The highest BCUT2D eigenvalue weighted by Gasteiger charge is 2.17. The highest BCUT2D eigenvalue weighted by molar-refractivity contribution is 9.10. The van der Waals surface area contributed by atoms with Crippen molar-refractivity contribution in [1.29, 1.82) is 0 Å². The Kier molecular flexibility index (Phi) is 4.76. The Hall–Kier alpha value is -2.42. The molecule has 0 radical (unpaired) electrons. The van der Waals surface area contributed by atoms with Crippen LogP contribution in [0.1, 0.15) is 37.9 Å². The molecule has 0 bridgehead atoms. The first-order valence-electron chi connectivity index (χ1n) is 7.83. The number of anilines is 3. The zero-order chi connectivity index (χ0) is 18.0. The first-order chi connectivity index (χ1) is 11.8.